The first kappa shape index (κ1) is 9.34. The van der Waals surface area contributed by atoms with Crippen molar-refractivity contribution in [3.8, 4) is 17.6 Å². The highest BCUT2D eigenvalue weighted by Gasteiger charge is 2.20. The van der Waals surface area contributed by atoms with Gasteiger partial charge in [-0.25, -0.2) is 0 Å². The van der Waals surface area contributed by atoms with Crippen molar-refractivity contribution in [3.63, 3.8) is 0 Å². The first-order valence-electron chi connectivity index (χ1n) is 4.33. The summed E-state index contributed by atoms with van der Waals surface area (Å²) in [6.45, 7) is 0.257. The zero-order chi connectivity index (χ0) is 10.7. The van der Waals surface area contributed by atoms with Crippen LogP contribution in [0, 0.1) is 11.3 Å². The molecule has 0 atom stereocenters. The Balaban J connectivity index is 2.26. The molecule has 1 aliphatic rings. The Hall–Kier alpha value is -2.22. The number of hydrogen-bond donors (Lipinski definition) is 1. The quantitative estimate of drug-likeness (QED) is 0.579. The van der Waals surface area contributed by atoms with Gasteiger partial charge in [0.2, 0.25) is 0 Å². The number of oxime groups is 1. The fourth-order valence-electron chi connectivity index (χ4n) is 1.37. The Morgan fingerprint density at radius 2 is 2.47 bits per heavy atom. The third-order valence-electron chi connectivity index (χ3n) is 2.05. The average molecular weight is 204 g/mol. The van der Waals surface area contributed by atoms with E-state index in [1.165, 1.54) is 0 Å². The first-order valence-corrected chi connectivity index (χ1v) is 4.33. The van der Waals surface area contributed by atoms with E-state index >= 15 is 0 Å². The van der Waals surface area contributed by atoms with Crippen LogP contribution in [-0.2, 0) is 0 Å². The molecule has 1 heterocycles. The van der Waals surface area contributed by atoms with Crippen LogP contribution >= 0.6 is 0 Å². The Labute approximate surface area is 86.1 Å². The molecule has 0 saturated carbocycles. The molecule has 0 fully saturated rings. The second-order valence-electron chi connectivity index (χ2n) is 2.94. The zero-order valence-electron chi connectivity index (χ0n) is 7.80. The predicted molar refractivity (Wildman–Crippen MR) is 51.4 cm³/mol. The summed E-state index contributed by atoms with van der Waals surface area (Å²) in [6, 6.07) is 6.99. The van der Waals surface area contributed by atoms with Crippen molar-refractivity contribution >= 4 is 5.71 Å². The molecule has 1 aromatic rings. The maximum absolute atomic E-state index is 8.66. The number of ether oxygens (including phenoxy) is 2. The fourth-order valence-corrected chi connectivity index (χ4v) is 1.37. The van der Waals surface area contributed by atoms with Crippen LogP contribution in [0.5, 0.6) is 11.5 Å². The van der Waals surface area contributed by atoms with Crippen LogP contribution in [0.25, 0.3) is 0 Å². The molecule has 5 heteroatoms. The molecule has 1 aliphatic heterocycles. The summed E-state index contributed by atoms with van der Waals surface area (Å²) in [5.74, 6) is 1.17. The molecule has 0 bridgehead atoms. The monoisotopic (exact) mass is 204 g/mol. The van der Waals surface area contributed by atoms with Crippen LogP contribution in [0.2, 0.25) is 0 Å². The number of rotatable bonds is 2. The van der Waals surface area contributed by atoms with E-state index in [4.69, 9.17) is 19.9 Å². The normalized spacial score (nSPS) is 15.5. The van der Waals surface area contributed by atoms with Crippen LogP contribution in [0.3, 0.4) is 0 Å². The summed E-state index contributed by atoms with van der Waals surface area (Å²) in [5.41, 5.74) is 1.25. The molecule has 0 radical (unpaired) electrons. The van der Waals surface area contributed by atoms with E-state index in [9.17, 15) is 0 Å². The molecule has 0 aromatic heterocycles. The maximum Gasteiger partial charge on any atom is 0.174 e. The Kier molecular flexibility index (Phi) is 2.42. The van der Waals surface area contributed by atoms with E-state index in [1.54, 1.807) is 18.2 Å². The smallest absolute Gasteiger partial charge is 0.174 e. The molecular weight excluding hydrogens is 196 g/mol. The van der Waals surface area contributed by atoms with Crippen LogP contribution in [0.1, 0.15) is 5.56 Å². The van der Waals surface area contributed by atoms with E-state index in [0.29, 0.717) is 17.2 Å². The molecule has 1 N–H and O–H groups in total. The summed E-state index contributed by atoms with van der Waals surface area (Å²) in [5, 5.41) is 20.1. The van der Waals surface area contributed by atoms with Crippen molar-refractivity contribution in [2.75, 3.05) is 13.2 Å². The van der Waals surface area contributed by atoms with Gasteiger partial charge in [0.25, 0.3) is 0 Å². The minimum Gasteiger partial charge on any atom is -0.486 e. The van der Waals surface area contributed by atoms with E-state index in [2.05, 4.69) is 5.16 Å². The first-order chi connectivity index (χ1) is 7.35. The highest BCUT2D eigenvalue weighted by Crippen LogP contribution is 2.29. The highest BCUT2D eigenvalue weighted by atomic mass is 16.5. The van der Waals surface area contributed by atoms with Crippen molar-refractivity contribution in [1.29, 1.82) is 5.26 Å². The van der Waals surface area contributed by atoms with Crippen LogP contribution in [0.4, 0.5) is 0 Å². The van der Waals surface area contributed by atoms with Gasteiger partial charge in [0.15, 0.2) is 6.61 Å². The molecule has 0 saturated heterocycles. The lowest BCUT2D eigenvalue weighted by atomic mass is 10.1. The molecule has 1 aromatic carbocycles. The van der Waals surface area contributed by atoms with E-state index < -0.39 is 0 Å². The topological polar surface area (TPSA) is 74.8 Å². The molecule has 5 nitrogen and oxygen atoms in total. The summed E-state index contributed by atoms with van der Waals surface area (Å²) in [7, 11) is 0. The third kappa shape index (κ3) is 1.70. The van der Waals surface area contributed by atoms with E-state index in [-0.39, 0.29) is 13.2 Å². The standard InChI is InChI=1S/C10H8N2O3/c11-3-4-14-7-1-2-8-9(12-13)6-15-10(8)5-7/h1-2,5,13H,4,6H2. The third-order valence-corrected chi connectivity index (χ3v) is 2.05. The second kappa shape index (κ2) is 3.88. The molecule has 0 unspecified atom stereocenters. The lowest BCUT2D eigenvalue weighted by Crippen LogP contribution is -2.01. The van der Waals surface area contributed by atoms with Gasteiger partial charge >= 0.3 is 0 Å². The summed E-state index contributed by atoms with van der Waals surface area (Å²) in [6.07, 6.45) is 0. The van der Waals surface area contributed by atoms with Gasteiger partial charge in [0.1, 0.15) is 29.9 Å². The molecule has 0 spiro atoms. The van der Waals surface area contributed by atoms with Crippen molar-refractivity contribution < 1.29 is 14.7 Å². The van der Waals surface area contributed by atoms with Crippen molar-refractivity contribution in [3.05, 3.63) is 23.8 Å². The summed E-state index contributed by atoms with van der Waals surface area (Å²) < 4.78 is 10.4. The number of hydrogen-bond acceptors (Lipinski definition) is 5. The lowest BCUT2D eigenvalue weighted by molar-refractivity contribution is 0.313. The van der Waals surface area contributed by atoms with Crippen molar-refractivity contribution in [2.24, 2.45) is 5.16 Å². The van der Waals surface area contributed by atoms with Crippen LogP contribution < -0.4 is 9.47 Å². The number of benzene rings is 1. The minimum absolute atomic E-state index is 0.000265. The largest absolute Gasteiger partial charge is 0.486 e. The van der Waals surface area contributed by atoms with Gasteiger partial charge in [-0.05, 0) is 12.1 Å². The zero-order valence-corrected chi connectivity index (χ0v) is 7.80. The number of nitrogens with zero attached hydrogens (tertiary/aromatic N) is 2. The maximum atomic E-state index is 8.66. The molecule has 76 valence electrons. The van der Waals surface area contributed by atoms with Gasteiger partial charge in [0.05, 0.1) is 0 Å². The SMILES string of the molecule is N#CCOc1ccc2c(c1)OCC2=NO. The summed E-state index contributed by atoms with van der Waals surface area (Å²) in [4.78, 5) is 0. The van der Waals surface area contributed by atoms with Crippen LogP contribution in [-0.4, -0.2) is 24.1 Å². The van der Waals surface area contributed by atoms with Gasteiger partial charge in [-0.3, -0.25) is 0 Å². The highest BCUT2D eigenvalue weighted by molar-refractivity contribution is 6.05. The lowest BCUT2D eigenvalue weighted by Gasteiger charge is -2.03. The van der Waals surface area contributed by atoms with E-state index in [0.717, 1.165) is 5.56 Å². The number of nitriles is 1. The van der Waals surface area contributed by atoms with Gasteiger partial charge in [-0.2, -0.15) is 5.26 Å². The van der Waals surface area contributed by atoms with Gasteiger partial charge < -0.3 is 14.7 Å². The number of fused-ring (bicyclic) bond motifs is 1. The minimum atomic E-state index is -0.000265. The van der Waals surface area contributed by atoms with Gasteiger partial charge in [-0.1, -0.05) is 5.16 Å². The Morgan fingerprint density at radius 1 is 1.60 bits per heavy atom. The van der Waals surface area contributed by atoms with Gasteiger partial charge in [0, 0.05) is 11.6 Å². The summed E-state index contributed by atoms with van der Waals surface area (Å²) >= 11 is 0. The molecule has 0 amide bonds. The van der Waals surface area contributed by atoms with Crippen molar-refractivity contribution in [1.82, 2.24) is 0 Å². The molecule has 2 rings (SSSR count). The molecule has 15 heavy (non-hydrogen) atoms. The van der Waals surface area contributed by atoms with E-state index in [1.807, 2.05) is 6.07 Å². The van der Waals surface area contributed by atoms with Crippen LogP contribution in [0.15, 0.2) is 23.4 Å². The fraction of sp³-hybridized carbons (Fsp3) is 0.200. The van der Waals surface area contributed by atoms with Crippen molar-refractivity contribution in [2.45, 2.75) is 0 Å². The van der Waals surface area contributed by atoms with Gasteiger partial charge in [-0.15, -0.1) is 0 Å². The predicted octanol–water partition coefficient (Wildman–Crippen LogP) is 1.16. The molecule has 0 aliphatic carbocycles. The molecular formula is C10H8N2O3. The average Bonchev–Trinajstić information content (AvgIpc) is 2.68. The Morgan fingerprint density at radius 3 is 3.20 bits per heavy atom. The second-order valence-corrected chi connectivity index (χ2v) is 2.94. The Bertz CT molecular complexity index is 448.